The van der Waals surface area contributed by atoms with Gasteiger partial charge in [-0.25, -0.2) is 0 Å². The van der Waals surface area contributed by atoms with Crippen LogP contribution < -0.4 is 10.6 Å². The van der Waals surface area contributed by atoms with E-state index in [1.54, 1.807) is 0 Å². The van der Waals surface area contributed by atoms with Crippen LogP contribution in [0.2, 0.25) is 10.0 Å². The van der Waals surface area contributed by atoms with Crippen LogP contribution in [-0.2, 0) is 4.79 Å². The molecule has 0 bridgehead atoms. The Morgan fingerprint density at radius 3 is 2.47 bits per heavy atom. The predicted octanol–water partition coefficient (Wildman–Crippen LogP) is 2.84. The Kier molecular flexibility index (Phi) is 5.38. The normalized spacial score (nSPS) is 10.4. The van der Waals surface area contributed by atoms with Gasteiger partial charge >= 0.3 is 0 Å². The predicted molar refractivity (Wildman–Crippen MR) is 74.9 cm³/mol. The van der Waals surface area contributed by atoms with Crippen LogP contribution in [-0.4, -0.2) is 23.4 Å². The third-order valence-corrected chi connectivity index (χ3v) is 2.85. The molecule has 8 heteroatoms. The van der Waals surface area contributed by atoms with Gasteiger partial charge in [-0.2, -0.15) is 0 Å². The molecule has 0 fully saturated rings. The lowest BCUT2D eigenvalue weighted by Gasteiger charge is -2.10. The molecule has 0 aliphatic carbocycles. The Labute approximate surface area is 120 Å². The Hall–Kier alpha value is -1.53. The summed E-state index contributed by atoms with van der Waals surface area (Å²) in [6.45, 7) is 3.55. The Morgan fingerprint density at radius 2 is 1.95 bits per heavy atom. The van der Waals surface area contributed by atoms with E-state index in [-0.39, 0.29) is 39.9 Å². The first kappa shape index (κ1) is 15.5. The molecule has 0 saturated carbocycles. The highest BCUT2D eigenvalue weighted by Gasteiger charge is 2.17. The van der Waals surface area contributed by atoms with Crippen LogP contribution in [0.3, 0.4) is 0 Å². The van der Waals surface area contributed by atoms with Crippen molar-refractivity contribution in [1.29, 1.82) is 0 Å². The van der Waals surface area contributed by atoms with E-state index < -0.39 is 4.92 Å². The number of carbonyl (C=O) groups excluding carboxylic acids is 1. The van der Waals surface area contributed by atoms with Gasteiger partial charge in [0.1, 0.15) is 5.69 Å². The van der Waals surface area contributed by atoms with Crippen molar-refractivity contribution in [2.24, 2.45) is 0 Å². The largest absolute Gasteiger partial charge is 0.371 e. The van der Waals surface area contributed by atoms with Crippen LogP contribution >= 0.6 is 23.2 Å². The number of amides is 1. The smallest absolute Gasteiger partial charge is 0.293 e. The van der Waals surface area contributed by atoms with E-state index in [9.17, 15) is 14.9 Å². The lowest BCUT2D eigenvalue weighted by molar-refractivity contribution is -0.383. The third kappa shape index (κ3) is 4.57. The van der Waals surface area contributed by atoms with Gasteiger partial charge in [-0.05, 0) is 19.9 Å². The standard InChI is InChI=1S/C11H13Cl2N3O3/c1-6(2)15-11(17)5-14-9-3-7(12)8(13)4-10(9)16(18)19/h3-4,6,14H,5H2,1-2H3,(H,15,17). The number of nitrogens with one attached hydrogen (secondary N) is 2. The van der Waals surface area contributed by atoms with Crippen molar-refractivity contribution in [2.75, 3.05) is 11.9 Å². The average molecular weight is 306 g/mol. The van der Waals surface area contributed by atoms with Gasteiger partial charge in [0.15, 0.2) is 0 Å². The molecule has 0 aromatic heterocycles. The highest BCUT2D eigenvalue weighted by molar-refractivity contribution is 6.42. The summed E-state index contributed by atoms with van der Waals surface area (Å²) < 4.78 is 0. The number of anilines is 1. The molecule has 2 N–H and O–H groups in total. The van der Waals surface area contributed by atoms with E-state index in [1.807, 2.05) is 13.8 Å². The van der Waals surface area contributed by atoms with Gasteiger partial charge in [-0.15, -0.1) is 0 Å². The van der Waals surface area contributed by atoms with Crippen molar-refractivity contribution in [1.82, 2.24) is 5.32 Å². The molecule has 0 aliphatic heterocycles. The highest BCUT2D eigenvalue weighted by Crippen LogP contribution is 2.33. The van der Waals surface area contributed by atoms with Crippen LogP contribution in [0.4, 0.5) is 11.4 Å². The fraction of sp³-hybridized carbons (Fsp3) is 0.364. The maximum atomic E-state index is 11.5. The molecule has 1 aromatic carbocycles. The Morgan fingerprint density at radius 1 is 1.37 bits per heavy atom. The van der Waals surface area contributed by atoms with Crippen molar-refractivity contribution in [3.8, 4) is 0 Å². The molecule has 0 radical (unpaired) electrons. The maximum Gasteiger partial charge on any atom is 0.293 e. The SMILES string of the molecule is CC(C)NC(=O)CNc1cc(Cl)c(Cl)cc1[N+](=O)[O-]. The molecule has 104 valence electrons. The summed E-state index contributed by atoms with van der Waals surface area (Å²) in [5.74, 6) is -0.268. The molecule has 0 atom stereocenters. The monoisotopic (exact) mass is 305 g/mol. The first-order valence-corrected chi connectivity index (χ1v) is 6.23. The molecule has 6 nitrogen and oxygen atoms in total. The molecule has 19 heavy (non-hydrogen) atoms. The van der Waals surface area contributed by atoms with E-state index in [0.29, 0.717) is 0 Å². The quantitative estimate of drug-likeness (QED) is 0.647. The van der Waals surface area contributed by atoms with Crippen LogP contribution in [0.5, 0.6) is 0 Å². The van der Waals surface area contributed by atoms with Crippen molar-refractivity contribution in [2.45, 2.75) is 19.9 Å². The summed E-state index contributed by atoms with van der Waals surface area (Å²) in [4.78, 5) is 21.7. The summed E-state index contributed by atoms with van der Waals surface area (Å²) >= 11 is 11.5. The van der Waals surface area contributed by atoms with Gasteiger partial charge in [0.05, 0.1) is 21.5 Å². The van der Waals surface area contributed by atoms with Crippen LogP contribution in [0.25, 0.3) is 0 Å². The molecule has 1 amide bonds. The second kappa shape index (κ2) is 6.58. The van der Waals surface area contributed by atoms with Gasteiger partial charge in [-0.1, -0.05) is 23.2 Å². The number of nitro benzene ring substituents is 1. The number of hydrogen-bond donors (Lipinski definition) is 2. The summed E-state index contributed by atoms with van der Waals surface area (Å²) in [6, 6.07) is 2.47. The minimum atomic E-state index is -0.592. The first-order valence-electron chi connectivity index (χ1n) is 5.48. The highest BCUT2D eigenvalue weighted by atomic mass is 35.5. The molecular formula is C11H13Cl2N3O3. The first-order chi connectivity index (χ1) is 8.81. The third-order valence-electron chi connectivity index (χ3n) is 2.12. The number of rotatable bonds is 5. The fourth-order valence-electron chi connectivity index (χ4n) is 1.38. The summed E-state index contributed by atoms with van der Waals surface area (Å²) in [5.41, 5.74) is -0.0787. The zero-order valence-corrected chi connectivity index (χ0v) is 11.9. The van der Waals surface area contributed by atoms with E-state index in [2.05, 4.69) is 10.6 Å². The molecule has 0 saturated heterocycles. The lowest BCUT2D eigenvalue weighted by atomic mass is 10.2. The van der Waals surface area contributed by atoms with Crippen molar-refractivity contribution in [3.05, 3.63) is 32.3 Å². The molecule has 0 heterocycles. The Bertz CT molecular complexity index is 506. The molecule has 0 spiro atoms. The number of nitro groups is 1. The number of hydrogen-bond acceptors (Lipinski definition) is 4. The Balaban J connectivity index is 2.85. The number of carbonyl (C=O) groups is 1. The van der Waals surface area contributed by atoms with Gasteiger partial charge < -0.3 is 10.6 Å². The summed E-state index contributed by atoms with van der Waals surface area (Å²) in [5, 5.41) is 16.5. The van der Waals surface area contributed by atoms with Crippen molar-refractivity contribution < 1.29 is 9.72 Å². The van der Waals surface area contributed by atoms with Crippen LogP contribution in [0.15, 0.2) is 12.1 Å². The summed E-state index contributed by atoms with van der Waals surface area (Å²) in [6.07, 6.45) is 0. The number of halogens is 2. The minimum Gasteiger partial charge on any atom is -0.371 e. The second-order valence-corrected chi connectivity index (χ2v) is 4.93. The lowest BCUT2D eigenvalue weighted by Crippen LogP contribution is -2.34. The van der Waals surface area contributed by atoms with Gasteiger partial charge in [0, 0.05) is 12.1 Å². The van der Waals surface area contributed by atoms with E-state index in [4.69, 9.17) is 23.2 Å². The molecular weight excluding hydrogens is 293 g/mol. The van der Waals surface area contributed by atoms with E-state index >= 15 is 0 Å². The minimum absolute atomic E-state index is 0.00177. The summed E-state index contributed by atoms with van der Waals surface area (Å²) in [7, 11) is 0. The van der Waals surface area contributed by atoms with Crippen molar-refractivity contribution in [3.63, 3.8) is 0 Å². The zero-order valence-electron chi connectivity index (χ0n) is 10.4. The van der Waals surface area contributed by atoms with Crippen LogP contribution in [0.1, 0.15) is 13.8 Å². The molecule has 0 aliphatic rings. The fourth-order valence-corrected chi connectivity index (χ4v) is 1.70. The number of benzene rings is 1. The number of nitrogens with zero attached hydrogens (tertiary/aromatic N) is 1. The molecule has 0 unspecified atom stereocenters. The maximum absolute atomic E-state index is 11.5. The molecule has 1 rings (SSSR count). The van der Waals surface area contributed by atoms with Crippen LogP contribution in [0, 0.1) is 10.1 Å². The second-order valence-electron chi connectivity index (χ2n) is 4.12. The molecule has 1 aromatic rings. The average Bonchev–Trinajstić information content (AvgIpc) is 2.29. The van der Waals surface area contributed by atoms with E-state index in [1.165, 1.54) is 6.07 Å². The topological polar surface area (TPSA) is 84.3 Å². The van der Waals surface area contributed by atoms with Gasteiger partial charge in [0.25, 0.3) is 5.69 Å². The van der Waals surface area contributed by atoms with E-state index in [0.717, 1.165) is 6.07 Å². The zero-order chi connectivity index (χ0) is 14.6. The van der Waals surface area contributed by atoms with Gasteiger partial charge in [-0.3, -0.25) is 14.9 Å². The van der Waals surface area contributed by atoms with Crippen molar-refractivity contribution >= 4 is 40.5 Å². The van der Waals surface area contributed by atoms with Gasteiger partial charge in [0.2, 0.25) is 5.91 Å².